The molecule has 1 aliphatic rings. The van der Waals surface area contributed by atoms with Crippen LogP contribution in [0.5, 0.6) is 0 Å². The van der Waals surface area contributed by atoms with E-state index in [0.29, 0.717) is 32.5 Å². The van der Waals surface area contributed by atoms with Crippen LogP contribution in [0.3, 0.4) is 0 Å². The maximum absolute atomic E-state index is 13.5. The molecule has 1 N–H and O–H groups in total. The lowest BCUT2D eigenvalue weighted by Gasteiger charge is -2.36. The minimum absolute atomic E-state index is 0.0305. The Kier molecular flexibility index (Phi) is 26.8. The lowest BCUT2D eigenvalue weighted by molar-refractivity contribution is -0.163. The third-order valence-corrected chi connectivity index (χ3v) is 11.5. The molecule has 2 aromatic rings. The molecule has 0 spiro atoms. The van der Waals surface area contributed by atoms with Crippen molar-refractivity contribution >= 4 is 17.8 Å². The first-order valence-corrected chi connectivity index (χ1v) is 23.3. The Balaban J connectivity index is 1.37. The number of benzene rings is 2. The predicted octanol–water partition coefficient (Wildman–Crippen LogP) is 12.2. The second-order valence-corrected chi connectivity index (χ2v) is 16.8. The van der Waals surface area contributed by atoms with E-state index < -0.39 is 18.2 Å². The number of hydrogen-bond donors (Lipinski definition) is 1. The van der Waals surface area contributed by atoms with Crippen LogP contribution in [0, 0.1) is 5.92 Å². The highest BCUT2D eigenvalue weighted by atomic mass is 16.6. The van der Waals surface area contributed by atoms with Crippen molar-refractivity contribution in [3.8, 4) is 0 Å². The summed E-state index contributed by atoms with van der Waals surface area (Å²) in [5.41, 5.74) is 2.79. The Morgan fingerprint density at radius 1 is 0.614 bits per heavy atom. The molecule has 0 aromatic heterocycles. The third kappa shape index (κ3) is 23.7. The minimum atomic E-state index is -0.457. The first kappa shape index (κ1) is 48.2. The van der Waals surface area contributed by atoms with Crippen LogP contribution in [0.25, 0.3) is 0 Å². The first-order chi connectivity index (χ1) is 27.9. The summed E-state index contributed by atoms with van der Waals surface area (Å²) in [4.78, 5) is 39.4. The molecule has 1 amide bonds. The van der Waals surface area contributed by atoms with Gasteiger partial charge in [-0.2, -0.15) is 0 Å². The van der Waals surface area contributed by atoms with Crippen molar-refractivity contribution in [2.24, 2.45) is 5.92 Å². The number of nitrogens with one attached hydrogen (secondary N) is 1. The highest BCUT2D eigenvalue weighted by Gasteiger charge is 2.36. The van der Waals surface area contributed by atoms with Gasteiger partial charge in [0.25, 0.3) is 0 Å². The normalized spacial score (nSPS) is 17.2. The van der Waals surface area contributed by atoms with E-state index in [1.165, 1.54) is 94.6 Å². The number of aryl methyl sites for hydroxylation is 2. The molecule has 1 unspecified atom stereocenters. The molecule has 57 heavy (non-hydrogen) atoms. The van der Waals surface area contributed by atoms with E-state index in [2.05, 4.69) is 72.9 Å². The second kappa shape index (κ2) is 31.8. The van der Waals surface area contributed by atoms with Crippen LogP contribution in [0.2, 0.25) is 0 Å². The number of rotatable bonds is 33. The molecule has 1 fully saturated rings. The number of carbonyl (C=O) groups excluding carboxylic acids is 3. The summed E-state index contributed by atoms with van der Waals surface area (Å²) in [5.74, 6) is -0.629. The molecule has 2 aromatic carbocycles. The monoisotopic (exact) mass is 790 g/mol. The van der Waals surface area contributed by atoms with Crippen molar-refractivity contribution in [1.82, 2.24) is 5.32 Å². The number of ether oxygens (including phenoxy) is 3. The summed E-state index contributed by atoms with van der Waals surface area (Å²) < 4.78 is 17.8. The molecule has 7 heteroatoms. The van der Waals surface area contributed by atoms with Crippen LogP contribution in [-0.4, -0.2) is 49.3 Å². The SMILES string of the molecule is CCCCCCCCCCCC(CC(=O)N[C@H]1COC[C@@H](C)[C@@H]1OC(=O)CCCCCCCCc1ccccc1)OC(=O)CCCCCCCCc1ccccc1. The van der Waals surface area contributed by atoms with E-state index in [1.54, 1.807) is 0 Å². The fraction of sp³-hybridized carbons (Fsp3) is 0.700. The van der Waals surface area contributed by atoms with E-state index in [4.69, 9.17) is 14.2 Å². The molecule has 0 radical (unpaired) electrons. The van der Waals surface area contributed by atoms with Crippen molar-refractivity contribution in [3.63, 3.8) is 0 Å². The number of hydrogen-bond acceptors (Lipinski definition) is 6. The Bertz CT molecular complexity index is 1300. The highest BCUT2D eigenvalue weighted by molar-refractivity contribution is 5.78. The maximum Gasteiger partial charge on any atom is 0.306 e. The molecule has 4 atom stereocenters. The maximum atomic E-state index is 13.5. The summed E-state index contributed by atoms with van der Waals surface area (Å²) in [7, 11) is 0. The molecule has 7 nitrogen and oxygen atoms in total. The van der Waals surface area contributed by atoms with Crippen molar-refractivity contribution in [2.45, 2.75) is 205 Å². The fourth-order valence-electron chi connectivity index (χ4n) is 8.00. The Labute approximate surface area is 347 Å². The molecule has 0 bridgehead atoms. The average Bonchev–Trinajstić information content (AvgIpc) is 3.21. The van der Waals surface area contributed by atoms with E-state index in [1.807, 2.05) is 6.92 Å². The molecular weight excluding hydrogens is 711 g/mol. The van der Waals surface area contributed by atoms with Gasteiger partial charge in [0, 0.05) is 18.8 Å². The summed E-state index contributed by atoms with van der Waals surface area (Å²) in [6.45, 7) is 5.03. The van der Waals surface area contributed by atoms with Gasteiger partial charge in [-0.3, -0.25) is 14.4 Å². The lowest BCUT2D eigenvalue weighted by Crippen LogP contribution is -2.55. The topological polar surface area (TPSA) is 90.9 Å². The van der Waals surface area contributed by atoms with Gasteiger partial charge in [0.05, 0.1) is 25.7 Å². The summed E-state index contributed by atoms with van der Waals surface area (Å²) >= 11 is 0. The van der Waals surface area contributed by atoms with Crippen LogP contribution >= 0.6 is 0 Å². The molecule has 1 saturated heterocycles. The number of esters is 2. The summed E-state index contributed by atoms with van der Waals surface area (Å²) in [6.07, 6.45) is 26.8. The van der Waals surface area contributed by atoms with Gasteiger partial charge in [-0.25, -0.2) is 0 Å². The standard InChI is InChI=1S/C50H79NO6/c1-3-4-5-6-7-8-9-16-27-36-45(56-48(53)37-28-17-12-10-14-21-30-43-32-23-19-24-33-43)39-47(52)51-46-41-55-40-42(2)50(46)57-49(54)38-29-18-13-11-15-22-31-44-34-25-20-26-35-44/h19-20,23-26,32-35,42,45-46,50H,3-18,21-22,27-31,36-41H2,1-2H3,(H,51,52)/t42-,45?,46+,50+/m1/s1. The minimum Gasteiger partial charge on any atom is -0.462 e. The molecule has 0 aliphatic carbocycles. The van der Waals surface area contributed by atoms with Crippen LogP contribution in [0.1, 0.15) is 185 Å². The van der Waals surface area contributed by atoms with Gasteiger partial charge in [-0.05, 0) is 62.5 Å². The number of carbonyl (C=O) groups is 3. The van der Waals surface area contributed by atoms with Crippen LogP contribution < -0.4 is 5.32 Å². The van der Waals surface area contributed by atoms with E-state index in [0.717, 1.165) is 64.2 Å². The van der Waals surface area contributed by atoms with Crippen molar-refractivity contribution < 1.29 is 28.6 Å². The Morgan fingerprint density at radius 3 is 1.63 bits per heavy atom. The molecular formula is C50H79NO6. The van der Waals surface area contributed by atoms with E-state index in [-0.39, 0.29) is 30.2 Å². The van der Waals surface area contributed by atoms with Gasteiger partial charge < -0.3 is 19.5 Å². The van der Waals surface area contributed by atoms with Crippen molar-refractivity contribution in [1.29, 1.82) is 0 Å². The van der Waals surface area contributed by atoms with Gasteiger partial charge >= 0.3 is 11.9 Å². The molecule has 1 aliphatic heterocycles. The van der Waals surface area contributed by atoms with Gasteiger partial charge in [0.1, 0.15) is 12.2 Å². The zero-order valence-electron chi connectivity index (χ0n) is 36.0. The largest absolute Gasteiger partial charge is 0.462 e. The molecule has 1 heterocycles. The Hall–Kier alpha value is -3.19. The third-order valence-electron chi connectivity index (χ3n) is 11.5. The van der Waals surface area contributed by atoms with Crippen molar-refractivity contribution in [3.05, 3.63) is 71.8 Å². The number of unbranched alkanes of at least 4 members (excludes halogenated alkanes) is 18. The van der Waals surface area contributed by atoms with Gasteiger partial charge in [0.15, 0.2) is 0 Å². The van der Waals surface area contributed by atoms with Crippen LogP contribution in [0.15, 0.2) is 60.7 Å². The van der Waals surface area contributed by atoms with Gasteiger partial charge in [-0.15, -0.1) is 0 Å². The Morgan fingerprint density at radius 2 is 1.09 bits per heavy atom. The fourth-order valence-corrected chi connectivity index (χ4v) is 8.00. The smallest absolute Gasteiger partial charge is 0.306 e. The number of amides is 1. The zero-order valence-corrected chi connectivity index (χ0v) is 36.0. The van der Waals surface area contributed by atoms with Crippen molar-refractivity contribution in [2.75, 3.05) is 13.2 Å². The van der Waals surface area contributed by atoms with E-state index in [9.17, 15) is 14.4 Å². The zero-order chi connectivity index (χ0) is 40.6. The van der Waals surface area contributed by atoms with E-state index >= 15 is 0 Å². The highest BCUT2D eigenvalue weighted by Crippen LogP contribution is 2.22. The molecule has 3 rings (SSSR count). The quantitative estimate of drug-likeness (QED) is 0.0572. The molecule has 320 valence electrons. The van der Waals surface area contributed by atoms with Crippen LogP contribution in [-0.2, 0) is 41.4 Å². The van der Waals surface area contributed by atoms with Crippen LogP contribution in [0.4, 0.5) is 0 Å². The molecule has 0 saturated carbocycles. The van der Waals surface area contributed by atoms with Gasteiger partial charge in [0.2, 0.25) is 5.91 Å². The summed E-state index contributed by atoms with van der Waals surface area (Å²) in [6, 6.07) is 20.8. The van der Waals surface area contributed by atoms with Gasteiger partial charge in [-0.1, -0.05) is 177 Å². The predicted molar refractivity (Wildman–Crippen MR) is 233 cm³/mol. The first-order valence-electron chi connectivity index (χ1n) is 23.3. The summed E-state index contributed by atoms with van der Waals surface area (Å²) in [5, 5.41) is 3.11. The lowest BCUT2D eigenvalue weighted by atomic mass is 9.95. The second-order valence-electron chi connectivity index (χ2n) is 16.8. The average molecular weight is 790 g/mol.